The van der Waals surface area contributed by atoms with Crippen LogP contribution < -0.4 is 10.1 Å². The van der Waals surface area contributed by atoms with Crippen molar-refractivity contribution in [1.82, 2.24) is 19.9 Å². The number of fused-ring (bicyclic) bond motifs is 1. The first-order chi connectivity index (χ1) is 21.1. The number of carbonyl (C=O) groups is 2. The zero-order valence-corrected chi connectivity index (χ0v) is 23.9. The van der Waals surface area contributed by atoms with Crippen molar-refractivity contribution in [3.05, 3.63) is 120 Å². The van der Waals surface area contributed by atoms with Crippen molar-refractivity contribution in [1.29, 1.82) is 0 Å². The molecule has 1 aliphatic carbocycles. The highest BCUT2D eigenvalue weighted by molar-refractivity contribution is 6.01. The standard InChI is InChI=1S/C35H34N4O4/c40-34(38-31(35(41)42)20-24-10-4-1-5-11-24)30-22-37-39-32(27-14-8-3-9-15-27)29(21-36-33(30)39)26-16-18-28(19-17-26)43-23-25-12-6-2-7-13-25/h1-2,4-7,10-13,16-19,21-22,27,31H,3,8-9,14-15,20,23H2,(H,38,40)(H,41,42)/t31-/m0/s1. The van der Waals surface area contributed by atoms with Crippen LogP contribution in [-0.2, 0) is 17.8 Å². The third-order valence-corrected chi connectivity index (χ3v) is 8.10. The summed E-state index contributed by atoms with van der Waals surface area (Å²) in [6, 6.07) is 26.2. The zero-order chi connectivity index (χ0) is 29.6. The summed E-state index contributed by atoms with van der Waals surface area (Å²) in [7, 11) is 0. The van der Waals surface area contributed by atoms with Gasteiger partial charge < -0.3 is 15.2 Å². The molecule has 3 aromatic carbocycles. The fraction of sp³-hybridized carbons (Fsp3) is 0.257. The van der Waals surface area contributed by atoms with E-state index in [4.69, 9.17) is 4.74 Å². The number of nitrogens with zero attached hydrogens (tertiary/aromatic N) is 3. The van der Waals surface area contributed by atoms with Gasteiger partial charge in [0.1, 0.15) is 24.0 Å². The SMILES string of the molecule is O=C(N[C@@H](Cc1ccccc1)C(=O)O)c1cnn2c(C3CCCCC3)c(-c3ccc(OCc4ccccc4)cc3)cnc12. The Morgan fingerprint density at radius 1 is 0.884 bits per heavy atom. The average Bonchev–Trinajstić information content (AvgIpc) is 3.49. The first-order valence-electron chi connectivity index (χ1n) is 14.8. The summed E-state index contributed by atoms with van der Waals surface area (Å²) in [5.41, 5.74) is 5.61. The van der Waals surface area contributed by atoms with Gasteiger partial charge in [-0.25, -0.2) is 14.3 Å². The molecule has 1 amide bonds. The molecule has 2 aromatic heterocycles. The van der Waals surface area contributed by atoms with Crippen molar-refractivity contribution < 1.29 is 19.4 Å². The number of carboxylic acid groups (broad SMARTS) is 1. The lowest BCUT2D eigenvalue weighted by molar-refractivity contribution is -0.139. The van der Waals surface area contributed by atoms with Crippen molar-refractivity contribution in [2.45, 2.75) is 57.1 Å². The number of ether oxygens (including phenoxy) is 1. The third-order valence-electron chi connectivity index (χ3n) is 8.10. The molecule has 6 rings (SSSR count). The summed E-state index contributed by atoms with van der Waals surface area (Å²) < 4.78 is 7.78. The number of hydrogen-bond acceptors (Lipinski definition) is 5. The second-order valence-corrected chi connectivity index (χ2v) is 11.0. The predicted octanol–water partition coefficient (Wildman–Crippen LogP) is 6.45. The van der Waals surface area contributed by atoms with E-state index < -0.39 is 17.9 Å². The van der Waals surface area contributed by atoms with Crippen LogP contribution in [-0.4, -0.2) is 37.6 Å². The van der Waals surface area contributed by atoms with E-state index in [-0.39, 0.29) is 17.9 Å². The van der Waals surface area contributed by atoms with Crippen molar-refractivity contribution in [3.63, 3.8) is 0 Å². The maximum absolute atomic E-state index is 13.4. The Labute approximate surface area is 250 Å². The summed E-state index contributed by atoms with van der Waals surface area (Å²) in [5.74, 6) is -0.553. The van der Waals surface area contributed by atoms with Gasteiger partial charge in [-0.1, -0.05) is 92.1 Å². The minimum Gasteiger partial charge on any atom is -0.489 e. The molecule has 0 unspecified atom stereocenters. The van der Waals surface area contributed by atoms with E-state index in [1.54, 1.807) is 4.52 Å². The topological polar surface area (TPSA) is 106 Å². The first-order valence-corrected chi connectivity index (χ1v) is 14.8. The van der Waals surface area contributed by atoms with Gasteiger partial charge in [-0.2, -0.15) is 5.10 Å². The zero-order valence-electron chi connectivity index (χ0n) is 23.9. The number of nitrogens with one attached hydrogen (secondary N) is 1. The molecule has 1 saturated carbocycles. The number of benzene rings is 3. The molecule has 0 radical (unpaired) electrons. The normalized spacial score (nSPS) is 14.3. The molecule has 2 N–H and O–H groups in total. The number of aliphatic carboxylic acids is 1. The molecule has 43 heavy (non-hydrogen) atoms. The minimum atomic E-state index is -1.09. The van der Waals surface area contributed by atoms with Crippen molar-refractivity contribution in [2.24, 2.45) is 0 Å². The summed E-state index contributed by atoms with van der Waals surface area (Å²) >= 11 is 0. The van der Waals surface area contributed by atoms with E-state index >= 15 is 0 Å². The van der Waals surface area contributed by atoms with Crippen molar-refractivity contribution in [2.75, 3.05) is 0 Å². The maximum Gasteiger partial charge on any atom is 0.326 e. The number of hydrogen-bond donors (Lipinski definition) is 2. The fourth-order valence-corrected chi connectivity index (χ4v) is 5.86. The van der Waals surface area contributed by atoms with Gasteiger partial charge >= 0.3 is 5.97 Å². The number of carboxylic acids is 1. The van der Waals surface area contributed by atoms with E-state index in [0.717, 1.165) is 59.4 Å². The summed E-state index contributed by atoms with van der Waals surface area (Å²) in [4.78, 5) is 30.1. The van der Waals surface area contributed by atoms with Crippen molar-refractivity contribution in [3.8, 4) is 16.9 Å². The molecular formula is C35H34N4O4. The Hall–Kier alpha value is -4.98. The molecule has 1 fully saturated rings. The molecule has 218 valence electrons. The molecule has 2 heterocycles. The van der Waals surface area contributed by atoms with Gasteiger partial charge in [-0.3, -0.25) is 4.79 Å². The lowest BCUT2D eigenvalue weighted by atomic mass is 9.84. The van der Waals surface area contributed by atoms with Gasteiger partial charge in [-0.05, 0) is 41.7 Å². The van der Waals surface area contributed by atoms with Gasteiger partial charge in [0.25, 0.3) is 5.91 Å². The van der Waals surface area contributed by atoms with Crippen LogP contribution in [0.2, 0.25) is 0 Å². The second-order valence-electron chi connectivity index (χ2n) is 11.0. The molecule has 8 heteroatoms. The molecule has 0 bridgehead atoms. The molecule has 8 nitrogen and oxygen atoms in total. The monoisotopic (exact) mass is 574 g/mol. The minimum absolute atomic E-state index is 0.178. The van der Waals surface area contributed by atoms with Crippen LogP contribution in [0.15, 0.2) is 97.3 Å². The fourth-order valence-electron chi connectivity index (χ4n) is 5.86. The third kappa shape index (κ3) is 6.43. The highest BCUT2D eigenvalue weighted by atomic mass is 16.5. The molecule has 0 aliphatic heterocycles. The van der Waals surface area contributed by atoms with Gasteiger partial charge in [-0.15, -0.1) is 0 Å². The van der Waals surface area contributed by atoms with Crippen LogP contribution >= 0.6 is 0 Å². The molecule has 0 spiro atoms. The smallest absolute Gasteiger partial charge is 0.326 e. The largest absolute Gasteiger partial charge is 0.489 e. The lowest BCUT2D eigenvalue weighted by Gasteiger charge is -2.25. The quantitative estimate of drug-likeness (QED) is 0.199. The van der Waals surface area contributed by atoms with E-state index in [1.165, 1.54) is 12.6 Å². The Kier molecular flexibility index (Phi) is 8.45. The van der Waals surface area contributed by atoms with Crippen LogP contribution in [0, 0.1) is 0 Å². The highest BCUT2D eigenvalue weighted by Gasteiger charge is 2.27. The predicted molar refractivity (Wildman–Crippen MR) is 164 cm³/mol. The second kappa shape index (κ2) is 12.9. The molecule has 1 aliphatic rings. The van der Waals surface area contributed by atoms with Crippen LogP contribution in [0.1, 0.15) is 65.2 Å². The van der Waals surface area contributed by atoms with Crippen LogP contribution in [0.25, 0.3) is 16.8 Å². The first kappa shape index (κ1) is 28.2. The Morgan fingerprint density at radius 2 is 1.56 bits per heavy atom. The Balaban J connectivity index is 1.29. The number of carbonyl (C=O) groups excluding carboxylic acids is 1. The molecule has 0 saturated heterocycles. The van der Waals surface area contributed by atoms with Gasteiger partial charge in [0.15, 0.2) is 5.65 Å². The summed E-state index contributed by atoms with van der Waals surface area (Å²) in [6.45, 7) is 0.493. The van der Waals surface area contributed by atoms with E-state index in [1.807, 2.05) is 91.1 Å². The average molecular weight is 575 g/mol. The molecule has 1 atom stereocenters. The number of amides is 1. The number of rotatable bonds is 10. The molecule has 5 aromatic rings. The highest BCUT2D eigenvalue weighted by Crippen LogP contribution is 2.38. The Morgan fingerprint density at radius 3 is 2.23 bits per heavy atom. The lowest BCUT2D eigenvalue weighted by Crippen LogP contribution is -2.42. The number of aromatic nitrogens is 3. The van der Waals surface area contributed by atoms with Gasteiger partial charge in [0.2, 0.25) is 0 Å². The van der Waals surface area contributed by atoms with E-state index in [2.05, 4.69) is 15.4 Å². The van der Waals surface area contributed by atoms with Gasteiger partial charge in [0, 0.05) is 24.1 Å². The van der Waals surface area contributed by atoms with Crippen LogP contribution in [0.5, 0.6) is 5.75 Å². The molecular weight excluding hydrogens is 540 g/mol. The van der Waals surface area contributed by atoms with Crippen LogP contribution in [0.3, 0.4) is 0 Å². The van der Waals surface area contributed by atoms with Crippen molar-refractivity contribution >= 4 is 17.5 Å². The van der Waals surface area contributed by atoms with E-state index in [9.17, 15) is 14.7 Å². The van der Waals surface area contributed by atoms with Crippen LogP contribution in [0.4, 0.5) is 0 Å². The maximum atomic E-state index is 13.4. The summed E-state index contributed by atoms with van der Waals surface area (Å²) in [5, 5.41) is 17.2. The summed E-state index contributed by atoms with van der Waals surface area (Å²) in [6.07, 6.45) is 9.03. The van der Waals surface area contributed by atoms with E-state index in [0.29, 0.717) is 12.3 Å². The Bertz CT molecular complexity index is 1700. The van der Waals surface area contributed by atoms with Gasteiger partial charge in [0.05, 0.1) is 11.9 Å².